The second-order valence-corrected chi connectivity index (χ2v) is 7.16. The standard InChI is InChI=1S/C20H19NO6S/c1-3-26-20(22)10-7-15-5-4-6-16(11-15)14-28(23,24)27-19-12-18(25-2)9-8-17(19)13-21/h4-12H,3,14H2,1-2H3/b10-7+. The van der Waals surface area contributed by atoms with Gasteiger partial charge in [-0.05, 0) is 36.3 Å². The van der Waals surface area contributed by atoms with Gasteiger partial charge in [0.25, 0.3) is 0 Å². The summed E-state index contributed by atoms with van der Waals surface area (Å²) in [5.74, 6) is -0.614. The normalized spacial score (nSPS) is 11.0. The maximum atomic E-state index is 12.4. The van der Waals surface area contributed by atoms with Crippen LogP contribution >= 0.6 is 0 Å². The second kappa shape index (κ2) is 9.58. The summed E-state index contributed by atoms with van der Waals surface area (Å²) in [5, 5.41) is 9.14. The average Bonchev–Trinajstić information content (AvgIpc) is 2.66. The van der Waals surface area contributed by atoms with Crippen LogP contribution in [0.3, 0.4) is 0 Å². The summed E-state index contributed by atoms with van der Waals surface area (Å²) in [6.07, 6.45) is 2.80. The number of hydrogen-bond acceptors (Lipinski definition) is 7. The van der Waals surface area contributed by atoms with Crippen molar-refractivity contribution in [2.24, 2.45) is 0 Å². The molecule has 2 aromatic rings. The fourth-order valence-corrected chi connectivity index (χ4v) is 3.36. The van der Waals surface area contributed by atoms with Crippen LogP contribution in [0.5, 0.6) is 11.5 Å². The number of methoxy groups -OCH3 is 1. The Bertz CT molecular complexity index is 1020. The van der Waals surface area contributed by atoms with Crippen LogP contribution in [0.2, 0.25) is 0 Å². The quantitative estimate of drug-likeness (QED) is 0.380. The molecule has 0 amide bonds. The first-order valence-electron chi connectivity index (χ1n) is 8.31. The van der Waals surface area contributed by atoms with E-state index < -0.39 is 21.8 Å². The maximum Gasteiger partial charge on any atom is 0.330 e. The van der Waals surface area contributed by atoms with Gasteiger partial charge in [-0.3, -0.25) is 0 Å². The van der Waals surface area contributed by atoms with Crippen molar-refractivity contribution in [3.63, 3.8) is 0 Å². The fraction of sp³-hybridized carbons (Fsp3) is 0.200. The molecule has 2 rings (SSSR count). The molecule has 0 aliphatic heterocycles. The first-order chi connectivity index (χ1) is 13.4. The fourth-order valence-electron chi connectivity index (χ4n) is 2.30. The molecule has 28 heavy (non-hydrogen) atoms. The SMILES string of the molecule is CCOC(=O)/C=C/c1cccc(CS(=O)(=O)Oc2cc(OC)ccc2C#N)c1. The second-order valence-electron chi connectivity index (χ2n) is 5.59. The van der Waals surface area contributed by atoms with Crippen molar-refractivity contribution in [3.8, 4) is 17.6 Å². The third kappa shape index (κ3) is 6.14. The van der Waals surface area contributed by atoms with Gasteiger partial charge in [-0.1, -0.05) is 24.3 Å². The molecule has 146 valence electrons. The van der Waals surface area contributed by atoms with Gasteiger partial charge in [0.15, 0.2) is 5.75 Å². The molecule has 0 unspecified atom stereocenters. The monoisotopic (exact) mass is 401 g/mol. The van der Waals surface area contributed by atoms with Gasteiger partial charge in [-0.2, -0.15) is 13.7 Å². The molecular formula is C20H19NO6S. The van der Waals surface area contributed by atoms with Crippen molar-refractivity contribution in [1.82, 2.24) is 0 Å². The minimum Gasteiger partial charge on any atom is -0.497 e. The van der Waals surface area contributed by atoms with E-state index in [-0.39, 0.29) is 17.9 Å². The average molecular weight is 401 g/mol. The molecule has 8 heteroatoms. The number of ether oxygens (including phenoxy) is 2. The summed E-state index contributed by atoms with van der Waals surface area (Å²) in [5.41, 5.74) is 1.18. The molecule has 0 saturated heterocycles. The summed E-state index contributed by atoms with van der Waals surface area (Å²) >= 11 is 0. The molecule has 0 N–H and O–H groups in total. The molecule has 2 aromatic carbocycles. The Balaban J connectivity index is 2.18. The Labute approximate surface area is 163 Å². The van der Waals surface area contributed by atoms with Gasteiger partial charge in [0, 0.05) is 12.1 Å². The van der Waals surface area contributed by atoms with Gasteiger partial charge >= 0.3 is 16.1 Å². The van der Waals surface area contributed by atoms with Gasteiger partial charge in [0.1, 0.15) is 17.6 Å². The van der Waals surface area contributed by atoms with Crippen molar-refractivity contribution >= 4 is 22.2 Å². The summed E-state index contributed by atoms with van der Waals surface area (Å²) in [7, 11) is -2.60. The highest BCUT2D eigenvalue weighted by atomic mass is 32.2. The Hall–Kier alpha value is -3.31. The lowest BCUT2D eigenvalue weighted by molar-refractivity contribution is -0.137. The highest BCUT2D eigenvalue weighted by Gasteiger charge is 2.17. The van der Waals surface area contributed by atoms with Gasteiger partial charge < -0.3 is 13.7 Å². The van der Waals surface area contributed by atoms with Crippen molar-refractivity contribution in [2.45, 2.75) is 12.7 Å². The number of benzene rings is 2. The Morgan fingerprint density at radius 1 is 1.21 bits per heavy atom. The van der Waals surface area contributed by atoms with E-state index in [9.17, 15) is 13.2 Å². The third-order valence-electron chi connectivity index (χ3n) is 3.52. The van der Waals surface area contributed by atoms with Crippen LogP contribution in [0, 0.1) is 11.3 Å². The number of rotatable bonds is 8. The molecule has 0 radical (unpaired) electrons. The van der Waals surface area contributed by atoms with E-state index >= 15 is 0 Å². The minimum absolute atomic E-state index is 0.0792. The van der Waals surface area contributed by atoms with E-state index in [1.54, 1.807) is 31.2 Å². The van der Waals surface area contributed by atoms with Gasteiger partial charge in [-0.25, -0.2) is 4.79 Å². The van der Waals surface area contributed by atoms with E-state index in [2.05, 4.69) is 0 Å². The van der Waals surface area contributed by atoms with Crippen molar-refractivity contribution in [1.29, 1.82) is 5.26 Å². The molecule has 0 atom stereocenters. The van der Waals surface area contributed by atoms with Crippen molar-refractivity contribution < 1.29 is 26.9 Å². The van der Waals surface area contributed by atoms with Crippen LogP contribution in [-0.4, -0.2) is 28.1 Å². The summed E-state index contributed by atoms with van der Waals surface area (Å²) in [4.78, 5) is 11.4. The molecule has 0 fully saturated rings. The zero-order valence-electron chi connectivity index (χ0n) is 15.4. The summed E-state index contributed by atoms with van der Waals surface area (Å²) in [6.45, 7) is 1.98. The van der Waals surface area contributed by atoms with Crippen LogP contribution in [0.4, 0.5) is 0 Å². The third-order valence-corrected chi connectivity index (χ3v) is 4.64. The lowest BCUT2D eigenvalue weighted by atomic mass is 10.1. The minimum atomic E-state index is -4.02. The predicted octanol–water partition coefficient (Wildman–Crippen LogP) is 3.05. The molecule has 0 spiro atoms. The Kier molecular flexibility index (Phi) is 7.18. The van der Waals surface area contributed by atoms with E-state index in [1.165, 1.54) is 37.5 Å². The summed E-state index contributed by atoms with van der Waals surface area (Å²) < 4.78 is 39.8. The molecule has 0 bridgehead atoms. The first kappa shape index (κ1) is 21.0. The lowest BCUT2D eigenvalue weighted by Crippen LogP contribution is -2.13. The topological polar surface area (TPSA) is 103 Å². The van der Waals surface area contributed by atoms with Gasteiger partial charge in [-0.15, -0.1) is 0 Å². The molecule has 0 aliphatic carbocycles. The highest BCUT2D eigenvalue weighted by Crippen LogP contribution is 2.26. The van der Waals surface area contributed by atoms with Gasteiger partial charge in [0.2, 0.25) is 0 Å². The predicted molar refractivity (Wildman–Crippen MR) is 103 cm³/mol. The van der Waals surface area contributed by atoms with Crippen LogP contribution in [-0.2, 0) is 25.4 Å². The largest absolute Gasteiger partial charge is 0.497 e. The van der Waals surface area contributed by atoms with Crippen LogP contribution in [0.15, 0.2) is 48.5 Å². The maximum absolute atomic E-state index is 12.4. The number of nitriles is 1. The molecule has 0 aliphatic rings. The molecule has 0 heterocycles. The van der Waals surface area contributed by atoms with E-state index in [1.807, 2.05) is 6.07 Å². The number of carbonyl (C=O) groups excluding carboxylic acids is 1. The number of hydrogen-bond donors (Lipinski definition) is 0. The molecular weight excluding hydrogens is 382 g/mol. The number of esters is 1. The van der Waals surface area contributed by atoms with Crippen molar-refractivity contribution in [3.05, 3.63) is 65.2 Å². The Morgan fingerprint density at radius 2 is 2.00 bits per heavy atom. The molecule has 0 saturated carbocycles. The zero-order chi connectivity index (χ0) is 20.6. The smallest absolute Gasteiger partial charge is 0.330 e. The van der Waals surface area contributed by atoms with E-state index in [0.29, 0.717) is 16.9 Å². The Morgan fingerprint density at radius 3 is 2.68 bits per heavy atom. The number of carbonyl (C=O) groups is 1. The van der Waals surface area contributed by atoms with Crippen LogP contribution in [0.25, 0.3) is 6.08 Å². The first-order valence-corrected chi connectivity index (χ1v) is 9.88. The lowest BCUT2D eigenvalue weighted by Gasteiger charge is -2.10. The van der Waals surface area contributed by atoms with Gasteiger partial charge in [0.05, 0.1) is 19.3 Å². The van der Waals surface area contributed by atoms with Crippen LogP contribution < -0.4 is 8.92 Å². The van der Waals surface area contributed by atoms with Crippen LogP contribution in [0.1, 0.15) is 23.6 Å². The molecule has 7 nitrogen and oxygen atoms in total. The summed E-state index contributed by atoms with van der Waals surface area (Å²) in [6, 6.07) is 12.8. The highest BCUT2D eigenvalue weighted by molar-refractivity contribution is 7.86. The number of nitrogens with zero attached hydrogens (tertiary/aromatic N) is 1. The van der Waals surface area contributed by atoms with E-state index in [4.69, 9.17) is 18.9 Å². The van der Waals surface area contributed by atoms with Crippen molar-refractivity contribution in [2.75, 3.05) is 13.7 Å². The zero-order valence-corrected chi connectivity index (χ0v) is 16.2. The van der Waals surface area contributed by atoms with E-state index in [0.717, 1.165) is 0 Å². The molecule has 0 aromatic heterocycles.